The molecule has 0 spiro atoms. The molecule has 0 aromatic carbocycles. The molecule has 1 unspecified atom stereocenters. The summed E-state index contributed by atoms with van der Waals surface area (Å²) >= 11 is 0. The van der Waals surface area contributed by atoms with Crippen molar-refractivity contribution in [1.29, 1.82) is 0 Å². The van der Waals surface area contributed by atoms with Gasteiger partial charge in [0, 0.05) is 19.6 Å². The van der Waals surface area contributed by atoms with Gasteiger partial charge in [0.2, 0.25) is 0 Å². The van der Waals surface area contributed by atoms with Crippen molar-refractivity contribution in [2.24, 2.45) is 28.5 Å². The average Bonchev–Trinajstić information content (AvgIpc) is 3.25. The maximum Gasteiger partial charge on any atom is 0.191 e. The van der Waals surface area contributed by atoms with E-state index in [1.165, 1.54) is 38.5 Å². The van der Waals surface area contributed by atoms with Gasteiger partial charge in [-0.1, -0.05) is 32.1 Å². The third kappa shape index (κ3) is 3.46. The lowest BCUT2D eigenvalue weighted by molar-refractivity contribution is 0.00529. The second-order valence-corrected chi connectivity index (χ2v) is 6.88. The number of aliphatic imine (C=N–C) groups is 1. The van der Waals surface area contributed by atoms with Gasteiger partial charge in [0.05, 0.1) is 12.7 Å². The number of guanidine groups is 1. The maximum absolute atomic E-state index is 6.13. The number of nitrogens with two attached hydrogens (primary N) is 1. The lowest BCUT2D eigenvalue weighted by atomic mass is 9.85. The van der Waals surface area contributed by atoms with Gasteiger partial charge in [-0.3, -0.25) is 4.99 Å². The van der Waals surface area contributed by atoms with Crippen LogP contribution in [-0.4, -0.2) is 43.2 Å². The Kier molecular flexibility index (Phi) is 4.49. The number of hydrogen-bond acceptors (Lipinski definition) is 2. The minimum Gasteiger partial charge on any atom is -0.375 e. The lowest BCUT2D eigenvalue weighted by Crippen LogP contribution is -2.48. The van der Waals surface area contributed by atoms with Gasteiger partial charge in [0.1, 0.15) is 0 Å². The van der Waals surface area contributed by atoms with Crippen LogP contribution in [0.2, 0.25) is 0 Å². The highest BCUT2D eigenvalue weighted by atomic mass is 16.5. The van der Waals surface area contributed by atoms with Crippen LogP contribution < -0.4 is 5.73 Å². The molecule has 1 aliphatic heterocycles. The summed E-state index contributed by atoms with van der Waals surface area (Å²) in [5.74, 6) is 3.49. The topological polar surface area (TPSA) is 50.8 Å². The Bertz CT molecular complexity index is 352. The first-order chi connectivity index (χ1) is 9.74. The summed E-state index contributed by atoms with van der Waals surface area (Å²) in [4.78, 5) is 6.83. The van der Waals surface area contributed by atoms with Gasteiger partial charge >= 0.3 is 0 Å². The molecule has 20 heavy (non-hydrogen) atoms. The molecule has 1 heterocycles. The molecule has 0 bridgehead atoms. The molecule has 3 atom stereocenters. The Morgan fingerprint density at radius 2 is 2.10 bits per heavy atom. The van der Waals surface area contributed by atoms with Crippen molar-refractivity contribution in [1.82, 2.24) is 4.90 Å². The van der Waals surface area contributed by atoms with Gasteiger partial charge in [-0.25, -0.2) is 0 Å². The summed E-state index contributed by atoms with van der Waals surface area (Å²) in [5, 5.41) is 0. The summed E-state index contributed by atoms with van der Waals surface area (Å²) in [5.41, 5.74) is 6.13. The molecule has 0 amide bonds. The molecule has 114 valence electrons. The Labute approximate surface area is 122 Å². The average molecular weight is 279 g/mol. The van der Waals surface area contributed by atoms with Crippen LogP contribution in [0.3, 0.4) is 0 Å². The number of hydrogen-bond donors (Lipinski definition) is 1. The molecule has 1 saturated heterocycles. The lowest BCUT2D eigenvalue weighted by Gasteiger charge is -2.31. The molecule has 0 aromatic rings. The van der Waals surface area contributed by atoms with E-state index in [0.29, 0.717) is 0 Å². The van der Waals surface area contributed by atoms with Gasteiger partial charge in [-0.15, -0.1) is 0 Å². The molecule has 0 radical (unpaired) electrons. The minimum absolute atomic E-state index is 0.272. The van der Waals surface area contributed by atoms with Gasteiger partial charge < -0.3 is 15.4 Å². The van der Waals surface area contributed by atoms with E-state index >= 15 is 0 Å². The van der Waals surface area contributed by atoms with Crippen molar-refractivity contribution in [2.75, 3.05) is 26.2 Å². The highest BCUT2D eigenvalue weighted by Crippen LogP contribution is 2.49. The molecule has 3 fully saturated rings. The van der Waals surface area contributed by atoms with Crippen LogP contribution in [0, 0.1) is 17.8 Å². The summed E-state index contributed by atoms with van der Waals surface area (Å²) in [6, 6.07) is 0. The van der Waals surface area contributed by atoms with Gasteiger partial charge in [-0.05, 0) is 31.1 Å². The van der Waals surface area contributed by atoms with Crippen molar-refractivity contribution >= 4 is 5.96 Å². The van der Waals surface area contributed by atoms with Crippen LogP contribution >= 0.6 is 0 Å². The summed E-state index contributed by atoms with van der Waals surface area (Å²) in [6.45, 7) is 5.58. The van der Waals surface area contributed by atoms with Crippen LogP contribution in [0.5, 0.6) is 0 Å². The highest BCUT2D eigenvalue weighted by molar-refractivity contribution is 5.78. The molecule has 3 rings (SSSR count). The standard InChI is InChI=1S/C16H29N3O/c1-12-11-19(7-8-20-12)16(17)18-10-14-9-15(14)13-5-3-2-4-6-13/h12-15H,2-11H2,1H3,(H2,17,18)/t12?,14-,15-/m0/s1. The Hall–Kier alpha value is -0.770. The van der Waals surface area contributed by atoms with Gasteiger partial charge in [0.15, 0.2) is 5.96 Å². The SMILES string of the molecule is CC1CN(C(N)=NC[C@@H]2C[C@H]2C2CCCCC2)CCO1. The number of ether oxygens (including phenoxy) is 1. The van der Waals surface area contributed by atoms with Gasteiger partial charge in [0.25, 0.3) is 0 Å². The molecular weight excluding hydrogens is 250 g/mol. The largest absolute Gasteiger partial charge is 0.375 e. The zero-order valence-electron chi connectivity index (χ0n) is 12.8. The van der Waals surface area contributed by atoms with E-state index in [0.717, 1.165) is 50.0 Å². The van der Waals surface area contributed by atoms with Crippen molar-refractivity contribution in [3.05, 3.63) is 0 Å². The van der Waals surface area contributed by atoms with E-state index in [2.05, 4.69) is 16.8 Å². The van der Waals surface area contributed by atoms with E-state index in [-0.39, 0.29) is 6.10 Å². The van der Waals surface area contributed by atoms with Crippen molar-refractivity contribution in [2.45, 2.75) is 51.6 Å². The van der Waals surface area contributed by atoms with Crippen molar-refractivity contribution in [3.63, 3.8) is 0 Å². The number of morpholine rings is 1. The fraction of sp³-hybridized carbons (Fsp3) is 0.938. The van der Waals surface area contributed by atoms with E-state index < -0.39 is 0 Å². The third-order valence-electron chi connectivity index (χ3n) is 5.29. The molecule has 3 aliphatic rings. The number of nitrogens with zero attached hydrogens (tertiary/aromatic N) is 2. The van der Waals surface area contributed by atoms with E-state index in [4.69, 9.17) is 10.5 Å². The molecule has 2 aliphatic carbocycles. The summed E-state index contributed by atoms with van der Waals surface area (Å²) in [6.07, 6.45) is 8.93. The Morgan fingerprint density at radius 3 is 2.85 bits per heavy atom. The molecule has 4 heteroatoms. The van der Waals surface area contributed by atoms with E-state index in [1.54, 1.807) is 0 Å². The first kappa shape index (κ1) is 14.2. The molecule has 2 N–H and O–H groups in total. The predicted molar refractivity (Wildman–Crippen MR) is 81.6 cm³/mol. The predicted octanol–water partition coefficient (Wildman–Crippen LogP) is 2.24. The smallest absolute Gasteiger partial charge is 0.191 e. The first-order valence-corrected chi connectivity index (χ1v) is 8.40. The quantitative estimate of drug-likeness (QED) is 0.637. The third-order valence-corrected chi connectivity index (χ3v) is 5.29. The van der Waals surface area contributed by atoms with Crippen LogP contribution in [-0.2, 0) is 4.74 Å². The van der Waals surface area contributed by atoms with E-state index in [9.17, 15) is 0 Å². The minimum atomic E-state index is 0.272. The fourth-order valence-corrected chi connectivity index (χ4v) is 3.96. The van der Waals surface area contributed by atoms with Crippen LogP contribution in [0.25, 0.3) is 0 Å². The molecule has 0 aromatic heterocycles. The Balaban J connectivity index is 1.43. The molecule has 4 nitrogen and oxygen atoms in total. The normalized spacial score (nSPS) is 36.1. The zero-order valence-corrected chi connectivity index (χ0v) is 12.8. The monoisotopic (exact) mass is 279 g/mol. The Morgan fingerprint density at radius 1 is 1.30 bits per heavy atom. The van der Waals surface area contributed by atoms with Crippen molar-refractivity contribution in [3.8, 4) is 0 Å². The van der Waals surface area contributed by atoms with Gasteiger partial charge in [-0.2, -0.15) is 0 Å². The summed E-state index contributed by atoms with van der Waals surface area (Å²) < 4.78 is 5.54. The van der Waals surface area contributed by atoms with Crippen LogP contribution in [0.4, 0.5) is 0 Å². The maximum atomic E-state index is 6.13. The molecule has 2 saturated carbocycles. The van der Waals surface area contributed by atoms with Crippen LogP contribution in [0.15, 0.2) is 4.99 Å². The van der Waals surface area contributed by atoms with E-state index in [1.807, 2.05) is 0 Å². The molecular formula is C16H29N3O. The number of rotatable bonds is 3. The second kappa shape index (κ2) is 6.33. The fourth-order valence-electron chi connectivity index (χ4n) is 3.96. The van der Waals surface area contributed by atoms with Crippen molar-refractivity contribution < 1.29 is 4.74 Å². The van der Waals surface area contributed by atoms with Crippen LogP contribution in [0.1, 0.15) is 45.4 Å². The first-order valence-electron chi connectivity index (χ1n) is 8.40. The summed E-state index contributed by atoms with van der Waals surface area (Å²) in [7, 11) is 0. The highest BCUT2D eigenvalue weighted by Gasteiger charge is 2.42. The second-order valence-electron chi connectivity index (χ2n) is 6.88. The zero-order chi connectivity index (χ0) is 13.9.